The van der Waals surface area contributed by atoms with Gasteiger partial charge in [0.1, 0.15) is 0 Å². The molecule has 0 aliphatic carbocycles. The van der Waals surface area contributed by atoms with Gasteiger partial charge in [-0.25, -0.2) is 13.4 Å². The zero-order chi connectivity index (χ0) is 23.0. The van der Waals surface area contributed by atoms with Crippen molar-refractivity contribution in [2.75, 3.05) is 5.32 Å². The number of carbonyl (C=O) groups is 1. The first-order valence-corrected chi connectivity index (χ1v) is 12.7. The third-order valence-electron chi connectivity index (χ3n) is 5.21. The lowest BCUT2D eigenvalue weighted by Crippen LogP contribution is -2.41. The summed E-state index contributed by atoms with van der Waals surface area (Å²) in [5.41, 5.74) is 1.21. The second-order valence-electron chi connectivity index (χ2n) is 8.15. The van der Waals surface area contributed by atoms with Gasteiger partial charge in [-0.1, -0.05) is 47.7 Å². The first kappa shape index (κ1) is 22.4. The molecule has 1 amide bonds. The molecule has 8 heteroatoms. The first-order chi connectivity index (χ1) is 15.2. The molecule has 4 rings (SSSR count). The van der Waals surface area contributed by atoms with Crippen LogP contribution in [0.1, 0.15) is 38.1 Å². The molecule has 0 bridgehead atoms. The van der Waals surface area contributed by atoms with Gasteiger partial charge >= 0.3 is 0 Å². The van der Waals surface area contributed by atoms with Gasteiger partial charge in [-0.3, -0.25) is 10.1 Å². The fourth-order valence-electron chi connectivity index (χ4n) is 3.98. The molecule has 1 N–H and O–H groups in total. The molecular formula is C24H25N3O3S2. The van der Waals surface area contributed by atoms with E-state index in [0.29, 0.717) is 20.9 Å². The minimum atomic E-state index is -3.65. The van der Waals surface area contributed by atoms with Crippen LogP contribution in [0.5, 0.6) is 0 Å². The van der Waals surface area contributed by atoms with E-state index in [1.807, 2.05) is 64.1 Å². The molecule has 1 heterocycles. The first-order valence-electron chi connectivity index (χ1n) is 10.4. The number of carbonyl (C=O) groups excluding carboxylic acids is 1. The number of aromatic nitrogens is 1. The van der Waals surface area contributed by atoms with E-state index >= 15 is 0 Å². The van der Waals surface area contributed by atoms with E-state index in [1.54, 1.807) is 24.3 Å². The number of anilines is 1. The number of rotatable bonds is 6. The maximum atomic E-state index is 13.2. The number of hydrogen-bond acceptors (Lipinski definition) is 5. The van der Waals surface area contributed by atoms with Crippen molar-refractivity contribution in [2.45, 2.75) is 44.7 Å². The van der Waals surface area contributed by atoms with Crippen molar-refractivity contribution in [2.24, 2.45) is 0 Å². The third kappa shape index (κ3) is 4.13. The van der Waals surface area contributed by atoms with E-state index in [-0.39, 0.29) is 22.9 Å². The van der Waals surface area contributed by atoms with Crippen LogP contribution in [0.2, 0.25) is 0 Å². The lowest BCUT2D eigenvalue weighted by Gasteiger charge is -2.29. The van der Waals surface area contributed by atoms with E-state index < -0.39 is 10.0 Å². The Bertz CT molecular complexity index is 1400. The third-order valence-corrected chi connectivity index (χ3v) is 8.39. The maximum Gasteiger partial charge on any atom is 0.258 e. The molecule has 0 unspecified atom stereocenters. The molecule has 166 valence electrons. The van der Waals surface area contributed by atoms with E-state index in [2.05, 4.69) is 10.3 Å². The molecular weight excluding hydrogens is 442 g/mol. The van der Waals surface area contributed by atoms with E-state index in [9.17, 15) is 13.2 Å². The normalized spacial score (nSPS) is 12.3. The molecule has 0 aliphatic rings. The Kier molecular flexibility index (Phi) is 6.03. The van der Waals surface area contributed by atoms with Crippen molar-refractivity contribution in [3.63, 3.8) is 0 Å². The van der Waals surface area contributed by atoms with Crippen LogP contribution in [0.15, 0.2) is 65.6 Å². The van der Waals surface area contributed by atoms with Crippen LogP contribution in [-0.2, 0) is 10.0 Å². The predicted octanol–water partition coefficient (Wildman–Crippen LogP) is 5.51. The summed E-state index contributed by atoms with van der Waals surface area (Å²) in [6.07, 6.45) is 0. The summed E-state index contributed by atoms with van der Waals surface area (Å²) < 4.78 is 28.6. The number of nitrogens with zero attached hydrogens (tertiary/aromatic N) is 2. The van der Waals surface area contributed by atoms with Gasteiger partial charge in [-0.05, 0) is 62.7 Å². The number of hydrogen-bond donors (Lipinski definition) is 1. The Morgan fingerprint density at radius 1 is 0.969 bits per heavy atom. The number of thiazole rings is 1. The number of amides is 1. The van der Waals surface area contributed by atoms with Crippen LogP contribution >= 0.6 is 11.3 Å². The Hall–Kier alpha value is -2.81. The molecule has 0 saturated carbocycles. The standard InChI is InChI=1S/C24H25N3O3S2/c1-15(2)27(16(3)4)32(29,30)18-12-13-21-22(14-18)31-24(25-21)26-23(28)20-11-7-9-17-8-5-6-10-19(17)20/h5-16H,1-4H3,(H,25,26,28). The van der Waals surface area contributed by atoms with E-state index in [4.69, 9.17) is 0 Å². The molecule has 4 aromatic rings. The highest BCUT2D eigenvalue weighted by Gasteiger charge is 2.29. The summed E-state index contributed by atoms with van der Waals surface area (Å²) in [5, 5.41) is 5.14. The average molecular weight is 468 g/mol. The van der Waals surface area contributed by atoms with Gasteiger partial charge in [0, 0.05) is 17.6 Å². The van der Waals surface area contributed by atoms with Crippen molar-refractivity contribution in [3.05, 3.63) is 66.2 Å². The topological polar surface area (TPSA) is 79.4 Å². The summed E-state index contributed by atoms with van der Waals surface area (Å²) >= 11 is 1.26. The Morgan fingerprint density at radius 3 is 2.38 bits per heavy atom. The second-order valence-corrected chi connectivity index (χ2v) is 11.0. The maximum absolute atomic E-state index is 13.2. The van der Waals surface area contributed by atoms with Gasteiger partial charge in [0.15, 0.2) is 5.13 Å². The highest BCUT2D eigenvalue weighted by molar-refractivity contribution is 7.89. The molecule has 0 radical (unpaired) electrons. The molecule has 32 heavy (non-hydrogen) atoms. The fourth-order valence-corrected chi connectivity index (χ4v) is 6.81. The average Bonchev–Trinajstić information content (AvgIpc) is 3.13. The quantitative estimate of drug-likeness (QED) is 0.406. The van der Waals surface area contributed by atoms with Crippen LogP contribution < -0.4 is 5.32 Å². The van der Waals surface area contributed by atoms with Crippen molar-refractivity contribution < 1.29 is 13.2 Å². The van der Waals surface area contributed by atoms with E-state index in [0.717, 1.165) is 10.8 Å². The van der Waals surface area contributed by atoms with Crippen LogP contribution in [-0.4, -0.2) is 35.7 Å². The minimum Gasteiger partial charge on any atom is -0.298 e. The number of benzene rings is 3. The molecule has 0 saturated heterocycles. The summed E-state index contributed by atoms with van der Waals surface area (Å²) in [6.45, 7) is 7.46. The van der Waals surface area contributed by atoms with Crippen LogP contribution in [0.3, 0.4) is 0 Å². The number of nitrogens with one attached hydrogen (secondary N) is 1. The summed E-state index contributed by atoms with van der Waals surface area (Å²) in [7, 11) is -3.65. The Labute approximate surface area is 191 Å². The van der Waals surface area contributed by atoms with Gasteiger partial charge in [0.05, 0.1) is 15.1 Å². The molecule has 6 nitrogen and oxygen atoms in total. The fraction of sp³-hybridized carbons (Fsp3) is 0.250. The lowest BCUT2D eigenvalue weighted by atomic mass is 10.0. The summed E-state index contributed by atoms with van der Waals surface area (Å²) in [6, 6.07) is 17.9. The van der Waals surface area contributed by atoms with Crippen LogP contribution in [0.4, 0.5) is 5.13 Å². The SMILES string of the molecule is CC(C)N(C(C)C)S(=O)(=O)c1ccc2nc(NC(=O)c3cccc4ccccc34)sc2c1. The molecule has 0 atom stereocenters. The minimum absolute atomic E-state index is 0.160. The zero-order valence-electron chi connectivity index (χ0n) is 18.4. The molecule has 1 aromatic heterocycles. The summed E-state index contributed by atoms with van der Waals surface area (Å²) in [5.74, 6) is -0.250. The summed E-state index contributed by atoms with van der Waals surface area (Å²) in [4.78, 5) is 17.6. The van der Waals surface area contributed by atoms with Gasteiger partial charge < -0.3 is 0 Å². The largest absolute Gasteiger partial charge is 0.298 e. The van der Waals surface area contributed by atoms with Crippen molar-refractivity contribution in [1.29, 1.82) is 0 Å². The van der Waals surface area contributed by atoms with Crippen molar-refractivity contribution in [3.8, 4) is 0 Å². The Morgan fingerprint density at radius 2 is 1.66 bits per heavy atom. The highest BCUT2D eigenvalue weighted by atomic mass is 32.2. The smallest absolute Gasteiger partial charge is 0.258 e. The molecule has 0 spiro atoms. The van der Waals surface area contributed by atoms with Crippen molar-refractivity contribution in [1.82, 2.24) is 9.29 Å². The molecule has 0 fully saturated rings. The van der Waals surface area contributed by atoms with E-state index in [1.165, 1.54) is 15.6 Å². The molecule has 0 aliphatic heterocycles. The van der Waals surface area contributed by atoms with Gasteiger partial charge in [-0.15, -0.1) is 0 Å². The Balaban J connectivity index is 1.66. The monoisotopic (exact) mass is 467 g/mol. The highest BCUT2D eigenvalue weighted by Crippen LogP contribution is 2.31. The van der Waals surface area contributed by atoms with Gasteiger partial charge in [0.2, 0.25) is 10.0 Å². The number of sulfonamides is 1. The van der Waals surface area contributed by atoms with Gasteiger partial charge in [-0.2, -0.15) is 4.31 Å². The van der Waals surface area contributed by atoms with Crippen molar-refractivity contribution >= 4 is 53.4 Å². The second kappa shape index (κ2) is 8.61. The van der Waals surface area contributed by atoms with Gasteiger partial charge in [0.25, 0.3) is 5.91 Å². The van der Waals surface area contributed by atoms with Crippen LogP contribution in [0, 0.1) is 0 Å². The zero-order valence-corrected chi connectivity index (χ0v) is 20.0. The lowest BCUT2D eigenvalue weighted by molar-refractivity contribution is 0.102. The molecule has 3 aromatic carbocycles. The van der Waals surface area contributed by atoms with Crippen LogP contribution in [0.25, 0.3) is 21.0 Å². The number of fused-ring (bicyclic) bond motifs is 2. The predicted molar refractivity (Wildman–Crippen MR) is 131 cm³/mol.